The van der Waals surface area contributed by atoms with Crippen LogP contribution >= 0.6 is 0 Å². The topological polar surface area (TPSA) is 122 Å². The van der Waals surface area contributed by atoms with Crippen molar-refractivity contribution in [1.29, 1.82) is 0 Å². The van der Waals surface area contributed by atoms with Crippen LogP contribution in [0.25, 0.3) is 22.0 Å². The Hall–Kier alpha value is -4.08. The molecule has 0 spiro atoms. The van der Waals surface area contributed by atoms with Crippen molar-refractivity contribution in [3.8, 4) is 11.1 Å². The fourth-order valence-corrected chi connectivity index (χ4v) is 4.85. The van der Waals surface area contributed by atoms with Gasteiger partial charge in [0, 0.05) is 29.5 Å². The lowest BCUT2D eigenvalue weighted by atomic mass is 10.0. The standard InChI is InChI=1S/C33H43FN4O5/c1-32(2,3)42-30(40)36-25(15-16-26(21-7-8-21)38-31(41)43-33(4,5)6)19-35-29(39)28-18-23-10-9-22(17-27(23)37-28)20-11-13-24(34)14-12-20/h9-14,17-18,21,25-26,37H,7-8,15-16,19H2,1-6H3,(H,35,39)(H,36,40)(H,38,41). The number of halogens is 1. The molecule has 43 heavy (non-hydrogen) atoms. The average Bonchev–Trinajstić information content (AvgIpc) is 3.65. The van der Waals surface area contributed by atoms with Gasteiger partial charge in [0.1, 0.15) is 22.7 Å². The normalized spacial score (nSPS) is 15.0. The van der Waals surface area contributed by atoms with E-state index in [0.717, 1.165) is 34.9 Å². The third kappa shape index (κ3) is 10.0. The van der Waals surface area contributed by atoms with E-state index in [0.29, 0.717) is 24.5 Å². The zero-order valence-electron chi connectivity index (χ0n) is 25.8. The lowest BCUT2D eigenvalue weighted by molar-refractivity contribution is 0.0469. The van der Waals surface area contributed by atoms with Crippen LogP contribution in [0.15, 0.2) is 48.5 Å². The lowest BCUT2D eigenvalue weighted by Crippen LogP contribution is -2.47. The van der Waals surface area contributed by atoms with Gasteiger partial charge in [0.15, 0.2) is 0 Å². The van der Waals surface area contributed by atoms with Gasteiger partial charge in [-0.2, -0.15) is 0 Å². The molecule has 2 unspecified atom stereocenters. The molecule has 1 heterocycles. The zero-order chi connectivity index (χ0) is 31.4. The Kier molecular flexibility index (Phi) is 9.67. The molecular weight excluding hydrogens is 551 g/mol. The predicted molar refractivity (Wildman–Crippen MR) is 164 cm³/mol. The van der Waals surface area contributed by atoms with E-state index in [1.165, 1.54) is 12.1 Å². The van der Waals surface area contributed by atoms with Crippen LogP contribution in [-0.4, -0.2) is 52.9 Å². The van der Waals surface area contributed by atoms with Crippen molar-refractivity contribution >= 4 is 29.0 Å². The first-order chi connectivity index (χ1) is 20.1. The van der Waals surface area contributed by atoms with Crippen molar-refractivity contribution in [3.05, 3.63) is 60.0 Å². The van der Waals surface area contributed by atoms with E-state index >= 15 is 0 Å². The molecule has 232 valence electrons. The van der Waals surface area contributed by atoms with Crippen molar-refractivity contribution in [2.24, 2.45) is 5.92 Å². The van der Waals surface area contributed by atoms with Gasteiger partial charge in [-0.3, -0.25) is 4.79 Å². The number of aromatic amines is 1. The Bertz CT molecular complexity index is 1430. The molecule has 0 aliphatic heterocycles. The van der Waals surface area contributed by atoms with Crippen LogP contribution in [0.3, 0.4) is 0 Å². The number of nitrogens with one attached hydrogen (secondary N) is 4. The average molecular weight is 595 g/mol. The molecule has 10 heteroatoms. The first-order valence-electron chi connectivity index (χ1n) is 14.8. The summed E-state index contributed by atoms with van der Waals surface area (Å²) in [6.45, 7) is 11.0. The molecule has 1 fully saturated rings. The van der Waals surface area contributed by atoms with Crippen molar-refractivity contribution < 1.29 is 28.2 Å². The van der Waals surface area contributed by atoms with Crippen molar-refractivity contribution in [2.75, 3.05) is 6.54 Å². The molecule has 1 aliphatic rings. The highest BCUT2D eigenvalue weighted by Crippen LogP contribution is 2.35. The molecule has 3 aromatic rings. The molecule has 1 aromatic heterocycles. The minimum atomic E-state index is -0.677. The number of rotatable bonds is 10. The van der Waals surface area contributed by atoms with Gasteiger partial charge in [0.25, 0.3) is 5.91 Å². The molecule has 4 N–H and O–H groups in total. The SMILES string of the molecule is CC(C)(C)OC(=O)NC(CCC(NC(=O)OC(C)(C)C)C1CC1)CNC(=O)c1cc2ccc(-c3ccc(F)cc3)cc2[nH]1. The Morgan fingerprint density at radius 2 is 1.47 bits per heavy atom. The van der Waals surface area contributed by atoms with E-state index in [2.05, 4.69) is 20.9 Å². The summed E-state index contributed by atoms with van der Waals surface area (Å²) in [6.07, 6.45) is 2.10. The van der Waals surface area contributed by atoms with E-state index in [1.807, 2.05) is 39.0 Å². The second-order valence-electron chi connectivity index (χ2n) is 13.2. The van der Waals surface area contributed by atoms with Crippen molar-refractivity contribution in [1.82, 2.24) is 20.9 Å². The number of aromatic nitrogens is 1. The third-order valence-corrected chi connectivity index (χ3v) is 6.99. The number of carbonyl (C=O) groups is 3. The van der Waals surface area contributed by atoms with E-state index in [1.54, 1.807) is 39.0 Å². The Morgan fingerprint density at radius 3 is 2.07 bits per heavy atom. The summed E-state index contributed by atoms with van der Waals surface area (Å²) in [7, 11) is 0. The fraction of sp³-hybridized carbons (Fsp3) is 0.485. The molecule has 2 atom stereocenters. The molecule has 4 rings (SSSR count). The summed E-state index contributed by atoms with van der Waals surface area (Å²) in [5.74, 6) is -0.262. The van der Waals surface area contributed by atoms with E-state index in [9.17, 15) is 18.8 Å². The van der Waals surface area contributed by atoms with Gasteiger partial charge < -0.3 is 30.4 Å². The highest BCUT2D eigenvalue weighted by molar-refractivity contribution is 5.98. The molecule has 9 nitrogen and oxygen atoms in total. The Labute approximate surface area is 252 Å². The molecule has 1 aliphatic carbocycles. The second-order valence-corrected chi connectivity index (χ2v) is 13.2. The van der Waals surface area contributed by atoms with Crippen molar-refractivity contribution in [3.63, 3.8) is 0 Å². The van der Waals surface area contributed by atoms with Crippen LogP contribution < -0.4 is 16.0 Å². The molecule has 0 bridgehead atoms. The maximum Gasteiger partial charge on any atom is 0.407 e. The lowest BCUT2D eigenvalue weighted by Gasteiger charge is -2.26. The van der Waals surface area contributed by atoms with Crippen molar-refractivity contribution in [2.45, 2.75) is 90.5 Å². The summed E-state index contributed by atoms with van der Waals surface area (Å²) in [5, 5.41) is 9.67. The van der Waals surface area contributed by atoms with Gasteiger partial charge in [-0.05, 0) is 109 Å². The number of ether oxygens (including phenoxy) is 2. The third-order valence-electron chi connectivity index (χ3n) is 6.99. The van der Waals surface area contributed by atoms with E-state index in [4.69, 9.17) is 9.47 Å². The highest BCUT2D eigenvalue weighted by Gasteiger charge is 2.34. The van der Waals surface area contributed by atoms with Gasteiger partial charge in [-0.15, -0.1) is 0 Å². The Balaban J connectivity index is 1.41. The number of benzene rings is 2. The first kappa shape index (κ1) is 31.8. The van der Waals surface area contributed by atoms with Gasteiger partial charge in [-0.25, -0.2) is 14.0 Å². The quantitative estimate of drug-likeness (QED) is 0.209. The van der Waals surface area contributed by atoms with Gasteiger partial charge >= 0.3 is 12.2 Å². The Morgan fingerprint density at radius 1 is 0.860 bits per heavy atom. The number of fused-ring (bicyclic) bond motifs is 1. The van der Waals surface area contributed by atoms with Crippen LogP contribution in [0, 0.1) is 11.7 Å². The second kappa shape index (κ2) is 13.1. The molecule has 2 aromatic carbocycles. The summed E-state index contributed by atoms with van der Waals surface area (Å²) in [6, 6.07) is 13.2. The minimum absolute atomic E-state index is 0.0995. The smallest absolute Gasteiger partial charge is 0.407 e. The van der Waals surface area contributed by atoms with Crippen LogP contribution in [-0.2, 0) is 9.47 Å². The predicted octanol–water partition coefficient (Wildman–Crippen LogP) is 6.68. The number of hydrogen-bond donors (Lipinski definition) is 4. The molecule has 0 saturated heterocycles. The largest absolute Gasteiger partial charge is 0.444 e. The number of carbonyl (C=O) groups excluding carboxylic acids is 3. The van der Waals surface area contributed by atoms with Gasteiger partial charge in [0.2, 0.25) is 0 Å². The summed E-state index contributed by atoms with van der Waals surface area (Å²) in [5.41, 5.74) is 1.64. The maximum atomic E-state index is 13.3. The van der Waals surface area contributed by atoms with Crippen LogP contribution in [0.5, 0.6) is 0 Å². The molecular formula is C33H43FN4O5. The molecule has 0 radical (unpaired) electrons. The number of H-pyrrole nitrogens is 1. The van der Waals surface area contributed by atoms with Crippen LogP contribution in [0.2, 0.25) is 0 Å². The van der Waals surface area contributed by atoms with E-state index < -0.39 is 29.4 Å². The summed E-state index contributed by atoms with van der Waals surface area (Å²) in [4.78, 5) is 41.4. The number of hydrogen-bond acceptors (Lipinski definition) is 5. The number of amides is 3. The van der Waals surface area contributed by atoms with E-state index in [-0.39, 0.29) is 24.3 Å². The monoisotopic (exact) mass is 594 g/mol. The molecule has 3 amide bonds. The van der Waals surface area contributed by atoms with Gasteiger partial charge in [-0.1, -0.05) is 24.3 Å². The van der Waals surface area contributed by atoms with Gasteiger partial charge in [0.05, 0.1) is 0 Å². The van der Waals surface area contributed by atoms with Crippen LogP contribution in [0.1, 0.15) is 77.7 Å². The summed E-state index contributed by atoms with van der Waals surface area (Å²) < 4.78 is 24.3. The zero-order valence-corrected chi connectivity index (χ0v) is 25.8. The minimum Gasteiger partial charge on any atom is -0.444 e. The molecule has 1 saturated carbocycles. The first-order valence-corrected chi connectivity index (χ1v) is 14.8. The van der Waals surface area contributed by atoms with Crippen LogP contribution in [0.4, 0.5) is 14.0 Å². The highest BCUT2D eigenvalue weighted by atomic mass is 19.1. The number of alkyl carbamates (subject to hydrolysis) is 2. The summed E-state index contributed by atoms with van der Waals surface area (Å²) >= 11 is 0. The fourth-order valence-electron chi connectivity index (χ4n) is 4.85. The maximum absolute atomic E-state index is 13.3.